The van der Waals surface area contributed by atoms with Crippen molar-refractivity contribution in [2.75, 3.05) is 11.1 Å². The van der Waals surface area contributed by atoms with E-state index >= 15 is 0 Å². The van der Waals surface area contributed by atoms with Crippen molar-refractivity contribution in [3.05, 3.63) is 48.0 Å². The Morgan fingerprint density at radius 3 is 2.85 bits per heavy atom. The fourth-order valence-corrected chi connectivity index (χ4v) is 1.77. The van der Waals surface area contributed by atoms with Crippen LogP contribution in [0, 0.1) is 5.82 Å². The van der Waals surface area contributed by atoms with E-state index in [2.05, 4.69) is 10.3 Å². The van der Waals surface area contributed by atoms with Crippen molar-refractivity contribution in [2.45, 2.75) is 26.5 Å². The lowest BCUT2D eigenvalue weighted by molar-refractivity contribution is 0.231. The van der Waals surface area contributed by atoms with E-state index in [0.717, 1.165) is 5.56 Å². The van der Waals surface area contributed by atoms with Gasteiger partial charge in [-0.2, -0.15) is 0 Å². The number of nitrogens with two attached hydrogens (primary N) is 1. The molecule has 0 saturated carbocycles. The molecule has 2 aromatic rings. The Morgan fingerprint density at radius 1 is 1.40 bits per heavy atom. The summed E-state index contributed by atoms with van der Waals surface area (Å²) < 4.78 is 19.1. The van der Waals surface area contributed by atoms with Crippen LogP contribution in [-0.4, -0.2) is 11.1 Å². The van der Waals surface area contributed by atoms with E-state index in [1.165, 1.54) is 6.07 Å². The smallest absolute Gasteiger partial charge is 0.167 e. The van der Waals surface area contributed by atoms with Crippen molar-refractivity contribution < 1.29 is 9.13 Å². The van der Waals surface area contributed by atoms with Crippen LogP contribution in [0.15, 0.2) is 36.7 Å². The Morgan fingerprint density at radius 2 is 2.20 bits per heavy atom. The lowest BCUT2D eigenvalue weighted by Crippen LogP contribution is -2.09. The first-order chi connectivity index (χ1) is 9.56. The van der Waals surface area contributed by atoms with Crippen molar-refractivity contribution in [1.29, 1.82) is 0 Å². The maximum Gasteiger partial charge on any atom is 0.167 e. The molecule has 0 bridgehead atoms. The molecule has 0 aliphatic carbocycles. The molecule has 2 rings (SSSR count). The summed E-state index contributed by atoms with van der Waals surface area (Å²) in [6, 6.07) is 6.66. The molecule has 1 aromatic carbocycles. The SMILES string of the molecule is CC(C)Oc1cc(NCc2cccnc2)c(N)cc1F. The molecular weight excluding hydrogens is 257 g/mol. The molecule has 1 heterocycles. The summed E-state index contributed by atoms with van der Waals surface area (Å²) >= 11 is 0. The standard InChI is InChI=1S/C15H18FN3O/c1-10(2)20-15-7-14(13(17)6-12(15)16)19-9-11-4-3-5-18-8-11/h3-8,10,19H,9,17H2,1-2H3. The largest absolute Gasteiger partial charge is 0.488 e. The van der Waals surface area contributed by atoms with Crippen LogP contribution in [-0.2, 0) is 6.54 Å². The van der Waals surface area contributed by atoms with Gasteiger partial charge in [-0.05, 0) is 25.5 Å². The quantitative estimate of drug-likeness (QED) is 0.823. The number of hydrogen-bond donors (Lipinski definition) is 2. The van der Waals surface area contributed by atoms with Gasteiger partial charge in [0.15, 0.2) is 11.6 Å². The summed E-state index contributed by atoms with van der Waals surface area (Å²) in [4.78, 5) is 4.03. The summed E-state index contributed by atoms with van der Waals surface area (Å²) in [5.74, 6) is -0.258. The number of hydrogen-bond acceptors (Lipinski definition) is 4. The van der Waals surface area contributed by atoms with E-state index in [1.54, 1.807) is 18.5 Å². The summed E-state index contributed by atoms with van der Waals surface area (Å²) in [5, 5.41) is 3.16. The highest BCUT2D eigenvalue weighted by Gasteiger charge is 2.10. The van der Waals surface area contributed by atoms with Crippen LogP contribution in [0.2, 0.25) is 0 Å². The van der Waals surface area contributed by atoms with Crippen molar-refractivity contribution >= 4 is 11.4 Å². The third-order valence-corrected chi connectivity index (χ3v) is 2.67. The molecule has 20 heavy (non-hydrogen) atoms. The predicted molar refractivity (Wildman–Crippen MR) is 78.1 cm³/mol. The van der Waals surface area contributed by atoms with Gasteiger partial charge in [-0.15, -0.1) is 0 Å². The van der Waals surface area contributed by atoms with Crippen LogP contribution in [0.1, 0.15) is 19.4 Å². The Balaban J connectivity index is 2.14. The summed E-state index contributed by atoms with van der Waals surface area (Å²) in [6.07, 6.45) is 3.38. The van der Waals surface area contributed by atoms with Crippen LogP contribution >= 0.6 is 0 Å². The van der Waals surface area contributed by atoms with Gasteiger partial charge in [0.25, 0.3) is 0 Å². The van der Waals surface area contributed by atoms with Crippen molar-refractivity contribution in [3.8, 4) is 5.75 Å². The maximum atomic E-state index is 13.7. The minimum Gasteiger partial charge on any atom is -0.488 e. The molecule has 1 aromatic heterocycles. The molecule has 4 nitrogen and oxygen atoms in total. The van der Waals surface area contributed by atoms with Crippen LogP contribution < -0.4 is 15.8 Å². The number of nitrogen functional groups attached to an aromatic ring is 1. The van der Waals surface area contributed by atoms with Gasteiger partial charge in [0.2, 0.25) is 0 Å². The fourth-order valence-electron chi connectivity index (χ4n) is 1.77. The van der Waals surface area contributed by atoms with E-state index in [1.807, 2.05) is 26.0 Å². The Labute approximate surface area is 117 Å². The Bertz CT molecular complexity index is 573. The molecule has 0 unspecified atom stereocenters. The second kappa shape index (κ2) is 6.23. The highest BCUT2D eigenvalue weighted by atomic mass is 19.1. The van der Waals surface area contributed by atoms with Gasteiger partial charge < -0.3 is 15.8 Å². The third-order valence-electron chi connectivity index (χ3n) is 2.67. The normalized spacial score (nSPS) is 10.6. The monoisotopic (exact) mass is 275 g/mol. The molecule has 3 N–H and O–H groups in total. The van der Waals surface area contributed by atoms with Gasteiger partial charge >= 0.3 is 0 Å². The molecule has 0 radical (unpaired) electrons. The average Bonchev–Trinajstić information content (AvgIpc) is 2.41. The minimum atomic E-state index is -0.455. The van der Waals surface area contributed by atoms with E-state index in [0.29, 0.717) is 17.9 Å². The lowest BCUT2D eigenvalue weighted by atomic mass is 10.2. The minimum absolute atomic E-state index is 0.0979. The van der Waals surface area contributed by atoms with Gasteiger partial charge in [0.1, 0.15) is 0 Å². The van der Waals surface area contributed by atoms with Crippen molar-refractivity contribution in [2.24, 2.45) is 0 Å². The zero-order valence-corrected chi connectivity index (χ0v) is 11.6. The highest BCUT2D eigenvalue weighted by Crippen LogP contribution is 2.29. The second-order valence-corrected chi connectivity index (χ2v) is 4.75. The number of ether oxygens (including phenoxy) is 1. The third kappa shape index (κ3) is 3.60. The first kappa shape index (κ1) is 14.1. The summed E-state index contributed by atoms with van der Waals surface area (Å²) in [7, 11) is 0. The van der Waals surface area contributed by atoms with Gasteiger partial charge in [0.05, 0.1) is 17.5 Å². The van der Waals surface area contributed by atoms with Gasteiger partial charge in [-0.1, -0.05) is 6.07 Å². The number of pyridine rings is 1. The second-order valence-electron chi connectivity index (χ2n) is 4.75. The summed E-state index contributed by atoms with van der Waals surface area (Å²) in [5.41, 5.74) is 7.82. The van der Waals surface area contributed by atoms with E-state index in [4.69, 9.17) is 10.5 Å². The van der Waals surface area contributed by atoms with Crippen molar-refractivity contribution in [3.63, 3.8) is 0 Å². The highest BCUT2D eigenvalue weighted by molar-refractivity contribution is 5.68. The number of anilines is 2. The molecule has 106 valence electrons. The first-order valence-electron chi connectivity index (χ1n) is 6.44. The van der Waals surface area contributed by atoms with E-state index < -0.39 is 5.82 Å². The number of aromatic nitrogens is 1. The molecule has 0 saturated heterocycles. The molecule has 0 fully saturated rings. The van der Waals surface area contributed by atoms with Crippen LogP contribution in [0.5, 0.6) is 5.75 Å². The van der Waals surface area contributed by atoms with E-state index in [-0.39, 0.29) is 11.9 Å². The van der Waals surface area contributed by atoms with Crippen molar-refractivity contribution in [1.82, 2.24) is 4.98 Å². The molecule has 0 amide bonds. The maximum absolute atomic E-state index is 13.7. The van der Waals surface area contributed by atoms with Gasteiger partial charge in [0, 0.05) is 31.1 Å². The topological polar surface area (TPSA) is 60.2 Å². The number of nitrogens with zero attached hydrogens (tertiary/aromatic N) is 1. The summed E-state index contributed by atoms with van der Waals surface area (Å²) in [6.45, 7) is 4.25. The molecule has 0 atom stereocenters. The molecular formula is C15H18FN3O. The molecule has 0 spiro atoms. The van der Waals surface area contributed by atoms with Crippen LogP contribution in [0.3, 0.4) is 0 Å². The van der Waals surface area contributed by atoms with Gasteiger partial charge in [-0.3, -0.25) is 4.98 Å². The zero-order valence-electron chi connectivity index (χ0n) is 11.6. The number of halogens is 1. The molecule has 5 heteroatoms. The number of benzene rings is 1. The Hall–Kier alpha value is -2.30. The number of nitrogens with one attached hydrogen (secondary N) is 1. The zero-order chi connectivity index (χ0) is 14.5. The molecule has 0 aliphatic rings. The predicted octanol–water partition coefficient (Wildman–Crippen LogP) is 3.20. The van der Waals surface area contributed by atoms with E-state index in [9.17, 15) is 4.39 Å². The fraction of sp³-hybridized carbons (Fsp3) is 0.267. The van der Waals surface area contributed by atoms with Crippen LogP contribution in [0.25, 0.3) is 0 Å². The lowest BCUT2D eigenvalue weighted by Gasteiger charge is -2.15. The first-order valence-corrected chi connectivity index (χ1v) is 6.44. The molecule has 0 aliphatic heterocycles. The van der Waals surface area contributed by atoms with Gasteiger partial charge in [-0.25, -0.2) is 4.39 Å². The Kier molecular flexibility index (Phi) is 4.40. The van der Waals surface area contributed by atoms with Crippen LogP contribution in [0.4, 0.5) is 15.8 Å². The number of rotatable bonds is 5. The average molecular weight is 275 g/mol.